The van der Waals surface area contributed by atoms with Crippen molar-refractivity contribution in [2.24, 2.45) is 0 Å². The van der Waals surface area contributed by atoms with Crippen LogP contribution in [-0.4, -0.2) is 25.7 Å². The van der Waals surface area contributed by atoms with Crippen LogP contribution in [0.4, 0.5) is 11.6 Å². The number of carboxylic acids is 1. The Hall–Kier alpha value is -3.87. The molecule has 128 valence electrons. The first-order valence-corrected chi connectivity index (χ1v) is 7.89. The van der Waals surface area contributed by atoms with Crippen molar-refractivity contribution < 1.29 is 14.6 Å². The fourth-order valence-electron chi connectivity index (χ4n) is 2.52. The van der Waals surface area contributed by atoms with Crippen LogP contribution in [0.3, 0.4) is 0 Å². The molecule has 26 heavy (non-hydrogen) atoms. The zero-order valence-corrected chi connectivity index (χ0v) is 13.5. The second-order valence-corrected chi connectivity index (χ2v) is 5.46. The molecule has 4 aromatic rings. The van der Waals surface area contributed by atoms with Gasteiger partial charge in [-0.05, 0) is 30.3 Å². The number of anilines is 2. The normalized spacial score (nSPS) is 10.6. The highest BCUT2D eigenvalue weighted by Gasteiger charge is 2.13. The number of aromatic nitrogens is 3. The molecule has 4 rings (SSSR count). The van der Waals surface area contributed by atoms with Crippen LogP contribution in [0.5, 0.6) is 11.6 Å². The summed E-state index contributed by atoms with van der Waals surface area (Å²) in [5, 5.41) is 16.6. The van der Waals surface area contributed by atoms with Crippen LogP contribution in [-0.2, 0) is 0 Å². The number of carbonyl (C=O) groups is 1. The van der Waals surface area contributed by atoms with E-state index in [4.69, 9.17) is 4.74 Å². The third-order valence-corrected chi connectivity index (χ3v) is 3.69. The third-order valence-electron chi connectivity index (χ3n) is 3.69. The van der Waals surface area contributed by atoms with Crippen LogP contribution >= 0.6 is 0 Å². The summed E-state index contributed by atoms with van der Waals surface area (Å²) in [6, 6.07) is 21.3. The summed E-state index contributed by atoms with van der Waals surface area (Å²) in [5.41, 5.74) is 1.14. The Kier molecular flexibility index (Phi) is 3.95. The summed E-state index contributed by atoms with van der Waals surface area (Å²) in [4.78, 5) is 15.7. The molecule has 0 unspecified atom stereocenters. The number of pyridine rings is 1. The van der Waals surface area contributed by atoms with Crippen LogP contribution < -0.4 is 10.1 Å². The number of para-hydroxylation sites is 2. The number of ether oxygens (including phenoxy) is 1. The van der Waals surface area contributed by atoms with Gasteiger partial charge in [0.15, 0.2) is 5.65 Å². The van der Waals surface area contributed by atoms with Crippen LogP contribution in [0.25, 0.3) is 5.65 Å². The lowest BCUT2D eigenvalue weighted by Crippen LogP contribution is -2.03. The molecule has 0 aliphatic heterocycles. The van der Waals surface area contributed by atoms with Gasteiger partial charge in [0.25, 0.3) is 0 Å². The number of nitrogens with one attached hydrogen (secondary N) is 1. The Morgan fingerprint density at radius 2 is 1.73 bits per heavy atom. The number of aromatic carboxylic acids is 1. The van der Waals surface area contributed by atoms with E-state index in [1.165, 1.54) is 6.07 Å². The predicted molar refractivity (Wildman–Crippen MR) is 96.2 cm³/mol. The van der Waals surface area contributed by atoms with Crippen molar-refractivity contribution >= 4 is 23.3 Å². The summed E-state index contributed by atoms with van der Waals surface area (Å²) >= 11 is 0. The molecule has 2 aromatic carbocycles. The molecule has 0 amide bonds. The van der Waals surface area contributed by atoms with Gasteiger partial charge in [0.2, 0.25) is 11.8 Å². The first kappa shape index (κ1) is 15.6. The molecule has 2 heterocycles. The Bertz CT molecular complexity index is 1080. The van der Waals surface area contributed by atoms with Gasteiger partial charge < -0.3 is 15.2 Å². The number of carboxylic acid groups (broad SMARTS) is 1. The van der Waals surface area contributed by atoms with Gasteiger partial charge in [-0.3, -0.25) is 0 Å². The SMILES string of the molecule is O=C(O)c1ccccc1Nc1nc2cccc(Oc3ccccc3)n2n1. The first-order chi connectivity index (χ1) is 12.7. The van der Waals surface area contributed by atoms with Gasteiger partial charge in [-0.15, -0.1) is 5.10 Å². The van der Waals surface area contributed by atoms with Crippen molar-refractivity contribution in [3.8, 4) is 11.6 Å². The average Bonchev–Trinajstić information content (AvgIpc) is 3.06. The second kappa shape index (κ2) is 6.56. The average molecular weight is 346 g/mol. The highest BCUT2D eigenvalue weighted by Crippen LogP contribution is 2.24. The monoisotopic (exact) mass is 346 g/mol. The number of hydrogen-bond donors (Lipinski definition) is 2. The van der Waals surface area contributed by atoms with Gasteiger partial charge in [0.05, 0.1) is 11.3 Å². The van der Waals surface area contributed by atoms with Crippen LogP contribution in [0.2, 0.25) is 0 Å². The maximum atomic E-state index is 11.3. The summed E-state index contributed by atoms with van der Waals surface area (Å²) in [5.74, 6) is 0.440. The van der Waals surface area contributed by atoms with Crippen LogP contribution in [0.15, 0.2) is 72.8 Å². The largest absolute Gasteiger partial charge is 0.478 e. The van der Waals surface area contributed by atoms with E-state index in [-0.39, 0.29) is 11.5 Å². The van der Waals surface area contributed by atoms with E-state index < -0.39 is 5.97 Å². The smallest absolute Gasteiger partial charge is 0.337 e. The molecule has 7 heteroatoms. The molecule has 0 aliphatic carbocycles. The molecular weight excluding hydrogens is 332 g/mol. The minimum absolute atomic E-state index is 0.145. The van der Waals surface area contributed by atoms with Gasteiger partial charge in [0.1, 0.15) is 5.75 Å². The van der Waals surface area contributed by atoms with Gasteiger partial charge in [-0.25, -0.2) is 4.79 Å². The van der Waals surface area contributed by atoms with Crippen LogP contribution in [0, 0.1) is 0 Å². The summed E-state index contributed by atoms with van der Waals surface area (Å²) in [6.45, 7) is 0. The van der Waals surface area contributed by atoms with E-state index in [1.807, 2.05) is 36.4 Å². The van der Waals surface area contributed by atoms with Gasteiger partial charge in [0, 0.05) is 6.07 Å². The van der Waals surface area contributed by atoms with E-state index in [1.54, 1.807) is 34.8 Å². The van der Waals surface area contributed by atoms with E-state index in [2.05, 4.69) is 15.4 Å². The lowest BCUT2D eigenvalue weighted by atomic mass is 10.2. The lowest BCUT2D eigenvalue weighted by molar-refractivity contribution is 0.0698. The van der Waals surface area contributed by atoms with Crippen molar-refractivity contribution in [3.63, 3.8) is 0 Å². The minimum atomic E-state index is -1.02. The van der Waals surface area contributed by atoms with Gasteiger partial charge >= 0.3 is 5.97 Å². The van der Waals surface area contributed by atoms with Crippen LogP contribution in [0.1, 0.15) is 10.4 Å². The predicted octanol–water partition coefficient (Wildman–Crippen LogP) is 3.96. The number of fused-ring (bicyclic) bond motifs is 1. The molecule has 7 nitrogen and oxygen atoms in total. The van der Waals surface area contributed by atoms with E-state index in [0.717, 1.165) is 0 Å². The van der Waals surface area contributed by atoms with Crippen molar-refractivity contribution in [1.82, 2.24) is 14.6 Å². The molecule has 0 bridgehead atoms. The Labute approximate surface area is 148 Å². The Morgan fingerprint density at radius 3 is 2.54 bits per heavy atom. The Morgan fingerprint density at radius 1 is 0.962 bits per heavy atom. The molecule has 0 saturated heterocycles. The summed E-state index contributed by atoms with van der Waals surface area (Å²) in [7, 11) is 0. The minimum Gasteiger partial charge on any atom is -0.478 e. The number of rotatable bonds is 5. The zero-order chi connectivity index (χ0) is 17.9. The van der Waals surface area contributed by atoms with E-state index in [9.17, 15) is 9.90 Å². The third kappa shape index (κ3) is 3.05. The number of benzene rings is 2. The number of hydrogen-bond acceptors (Lipinski definition) is 5. The maximum Gasteiger partial charge on any atom is 0.337 e. The highest BCUT2D eigenvalue weighted by atomic mass is 16.5. The van der Waals surface area contributed by atoms with Crippen molar-refractivity contribution in [2.45, 2.75) is 0 Å². The number of nitrogens with zero attached hydrogens (tertiary/aromatic N) is 3. The first-order valence-electron chi connectivity index (χ1n) is 7.89. The maximum absolute atomic E-state index is 11.3. The van der Waals surface area contributed by atoms with E-state index in [0.29, 0.717) is 23.0 Å². The molecule has 0 spiro atoms. The lowest BCUT2D eigenvalue weighted by Gasteiger charge is -2.06. The van der Waals surface area contributed by atoms with E-state index >= 15 is 0 Å². The summed E-state index contributed by atoms with van der Waals surface area (Å²) < 4.78 is 7.41. The molecule has 0 fully saturated rings. The fraction of sp³-hybridized carbons (Fsp3) is 0. The van der Waals surface area contributed by atoms with Gasteiger partial charge in [-0.1, -0.05) is 36.4 Å². The van der Waals surface area contributed by atoms with Crippen molar-refractivity contribution in [2.75, 3.05) is 5.32 Å². The standard InChI is InChI=1S/C19H14N4O3/c24-18(25)14-9-4-5-10-15(14)20-19-21-16-11-6-12-17(23(16)22-19)26-13-7-2-1-3-8-13/h1-12H,(H,20,22)(H,24,25). The highest BCUT2D eigenvalue weighted by molar-refractivity contribution is 5.94. The summed E-state index contributed by atoms with van der Waals surface area (Å²) in [6.07, 6.45) is 0. The fourth-order valence-corrected chi connectivity index (χ4v) is 2.52. The molecular formula is C19H14N4O3. The quantitative estimate of drug-likeness (QED) is 0.568. The van der Waals surface area contributed by atoms with Crippen molar-refractivity contribution in [1.29, 1.82) is 0 Å². The molecule has 0 aliphatic rings. The second-order valence-electron chi connectivity index (χ2n) is 5.46. The molecule has 0 radical (unpaired) electrons. The molecule has 2 N–H and O–H groups in total. The zero-order valence-electron chi connectivity index (χ0n) is 13.5. The van der Waals surface area contributed by atoms with Gasteiger partial charge in [-0.2, -0.15) is 9.50 Å². The molecule has 0 saturated carbocycles. The van der Waals surface area contributed by atoms with Crippen molar-refractivity contribution in [3.05, 3.63) is 78.4 Å². The molecule has 0 atom stereocenters. The topological polar surface area (TPSA) is 88.8 Å². The molecule has 2 aromatic heterocycles. The Balaban J connectivity index is 1.68.